The van der Waals surface area contributed by atoms with Gasteiger partial charge in [-0.3, -0.25) is 4.79 Å². The predicted octanol–water partition coefficient (Wildman–Crippen LogP) is 3.64. The summed E-state index contributed by atoms with van der Waals surface area (Å²) >= 11 is 0. The average molecular weight is 393 g/mol. The summed E-state index contributed by atoms with van der Waals surface area (Å²) < 4.78 is 44.2. The molecule has 148 valence electrons. The molecule has 1 heterocycles. The topological polar surface area (TPSA) is 70.7 Å². The van der Waals surface area contributed by atoms with E-state index in [2.05, 4.69) is 10.6 Å². The van der Waals surface area contributed by atoms with Crippen LogP contribution in [0.2, 0.25) is 0 Å². The number of nitrogens with zero attached hydrogens (tertiary/aromatic N) is 1. The van der Waals surface area contributed by atoms with E-state index in [0.29, 0.717) is 11.4 Å². The number of hydrogen-bond donors (Lipinski definition) is 2. The summed E-state index contributed by atoms with van der Waals surface area (Å²) in [6, 6.07) is 10.3. The first-order valence-electron chi connectivity index (χ1n) is 8.46. The summed E-state index contributed by atoms with van der Waals surface area (Å²) in [6.45, 7) is 0.209. The van der Waals surface area contributed by atoms with Gasteiger partial charge in [0.1, 0.15) is 5.75 Å². The molecule has 3 rings (SSSR count). The quantitative estimate of drug-likeness (QED) is 0.833. The number of alkyl halides is 3. The number of carbonyl (C=O) groups is 2. The van der Waals surface area contributed by atoms with E-state index in [1.165, 1.54) is 30.2 Å². The number of nitrogens with one attached hydrogen (secondary N) is 2. The van der Waals surface area contributed by atoms with Gasteiger partial charge in [0.05, 0.1) is 24.4 Å². The van der Waals surface area contributed by atoms with E-state index in [-0.39, 0.29) is 24.6 Å². The Bertz CT molecular complexity index is 886. The second-order valence-corrected chi connectivity index (χ2v) is 6.25. The summed E-state index contributed by atoms with van der Waals surface area (Å²) in [5.74, 6) is 0.387. The summed E-state index contributed by atoms with van der Waals surface area (Å²) in [7, 11) is 1.51. The van der Waals surface area contributed by atoms with Crippen molar-refractivity contribution in [1.29, 1.82) is 0 Å². The number of amides is 3. The molecule has 0 spiro atoms. The number of urea groups is 1. The molecule has 2 aromatic rings. The fraction of sp³-hybridized carbons (Fsp3) is 0.263. The van der Waals surface area contributed by atoms with Crippen LogP contribution >= 0.6 is 0 Å². The Morgan fingerprint density at radius 1 is 1.18 bits per heavy atom. The Hall–Kier alpha value is -3.23. The van der Waals surface area contributed by atoms with Gasteiger partial charge in [-0.05, 0) is 24.3 Å². The van der Waals surface area contributed by atoms with Crippen LogP contribution in [0.25, 0.3) is 0 Å². The molecule has 0 aliphatic carbocycles. The molecule has 1 unspecified atom stereocenters. The predicted molar refractivity (Wildman–Crippen MR) is 97.4 cm³/mol. The van der Waals surface area contributed by atoms with Gasteiger partial charge in [-0.25, -0.2) is 4.79 Å². The van der Waals surface area contributed by atoms with Crippen LogP contribution in [0.5, 0.6) is 5.75 Å². The van der Waals surface area contributed by atoms with Crippen molar-refractivity contribution in [2.45, 2.75) is 18.6 Å². The summed E-state index contributed by atoms with van der Waals surface area (Å²) in [4.78, 5) is 25.9. The van der Waals surface area contributed by atoms with Crippen LogP contribution < -0.4 is 20.3 Å². The van der Waals surface area contributed by atoms with Crippen molar-refractivity contribution in [3.63, 3.8) is 0 Å². The van der Waals surface area contributed by atoms with Crippen molar-refractivity contribution in [2.24, 2.45) is 0 Å². The number of hydrogen-bond acceptors (Lipinski definition) is 3. The maximum Gasteiger partial charge on any atom is 0.418 e. The van der Waals surface area contributed by atoms with Crippen molar-refractivity contribution in [3.8, 4) is 5.75 Å². The van der Waals surface area contributed by atoms with Crippen LogP contribution in [0.15, 0.2) is 48.5 Å². The van der Waals surface area contributed by atoms with E-state index < -0.39 is 23.8 Å². The number of anilines is 2. The minimum absolute atomic E-state index is 0.0472. The molecule has 0 radical (unpaired) electrons. The molecular formula is C19H18F3N3O3. The van der Waals surface area contributed by atoms with Crippen LogP contribution in [-0.2, 0) is 11.0 Å². The number of methoxy groups -OCH3 is 1. The summed E-state index contributed by atoms with van der Waals surface area (Å²) in [5, 5.41) is 4.77. The summed E-state index contributed by atoms with van der Waals surface area (Å²) in [5.41, 5.74) is -0.663. The van der Waals surface area contributed by atoms with Gasteiger partial charge in [0.15, 0.2) is 0 Å². The van der Waals surface area contributed by atoms with Crippen LogP contribution in [0.3, 0.4) is 0 Å². The van der Waals surface area contributed by atoms with Crippen molar-refractivity contribution in [1.82, 2.24) is 5.32 Å². The lowest BCUT2D eigenvalue weighted by Gasteiger charge is -2.18. The van der Waals surface area contributed by atoms with Gasteiger partial charge in [0.2, 0.25) is 5.91 Å². The molecule has 1 fully saturated rings. The number of rotatable bonds is 4. The van der Waals surface area contributed by atoms with Crippen molar-refractivity contribution in [2.75, 3.05) is 23.9 Å². The molecule has 2 aromatic carbocycles. The first-order valence-corrected chi connectivity index (χ1v) is 8.46. The monoisotopic (exact) mass is 393 g/mol. The zero-order chi connectivity index (χ0) is 20.3. The van der Waals surface area contributed by atoms with Gasteiger partial charge in [-0.15, -0.1) is 0 Å². The van der Waals surface area contributed by atoms with E-state index in [4.69, 9.17) is 4.74 Å². The fourth-order valence-electron chi connectivity index (χ4n) is 3.02. The Labute approximate surface area is 159 Å². The first-order chi connectivity index (χ1) is 13.3. The molecule has 2 N–H and O–H groups in total. The highest BCUT2D eigenvalue weighted by molar-refractivity contribution is 5.98. The van der Waals surface area contributed by atoms with Crippen LogP contribution in [0.1, 0.15) is 12.0 Å². The summed E-state index contributed by atoms with van der Waals surface area (Å²) in [6.07, 6.45) is -4.54. The number of benzene rings is 2. The van der Waals surface area contributed by atoms with Crippen LogP contribution in [0, 0.1) is 0 Å². The lowest BCUT2D eigenvalue weighted by Crippen LogP contribution is -2.40. The molecule has 0 bridgehead atoms. The van der Waals surface area contributed by atoms with Gasteiger partial charge in [-0.2, -0.15) is 13.2 Å². The van der Waals surface area contributed by atoms with E-state index in [0.717, 1.165) is 6.07 Å². The SMILES string of the molecule is COc1cccc(N2CC(NC(=O)Nc3ccccc3C(F)(F)F)CC2=O)c1. The van der Waals surface area contributed by atoms with E-state index >= 15 is 0 Å². The highest BCUT2D eigenvalue weighted by Gasteiger charge is 2.35. The van der Waals surface area contributed by atoms with Crippen molar-refractivity contribution < 1.29 is 27.5 Å². The molecule has 6 nitrogen and oxygen atoms in total. The molecular weight excluding hydrogens is 375 g/mol. The molecule has 9 heteroatoms. The third kappa shape index (κ3) is 4.36. The second-order valence-electron chi connectivity index (χ2n) is 6.25. The minimum atomic E-state index is -4.59. The third-order valence-electron chi connectivity index (χ3n) is 4.31. The first kappa shape index (κ1) is 19.5. The average Bonchev–Trinajstić information content (AvgIpc) is 3.01. The van der Waals surface area contributed by atoms with E-state index in [1.54, 1.807) is 24.3 Å². The van der Waals surface area contributed by atoms with Crippen molar-refractivity contribution >= 4 is 23.3 Å². The Morgan fingerprint density at radius 2 is 1.93 bits per heavy atom. The standard InChI is InChI=1S/C19H18F3N3O3/c1-28-14-6-4-5-13(10-14)25-11-12(9-17(25)26)23-18(27)24-16-8-3-2-7-15(16)19(20,21)22/h2-8,10,12H,9,11H2,1H3,(H2,23,24,27). The molecule has 1 aliphatic heterocycles. The number of ether oxygens (including phenoxy) is 1. The fourth-order valence-corrected chi connectivity index (χ4v) is 3.02. The number of halogens is 3. The Kier molecular flexibility index (Phi) is 5.43. The molecule has 28 heavy (non-hydrogen) atoms. The van der Waals surface area contributed by atoms with Crippen LogP contribution in [0.4, 0.5) is 29.3 Å². The number of carbonyl (C=O) groups excluding carboxylic acids is 2. The number of para-hydroxylation sites is 1. The van der Waals surface area contributed by atoms with Gasteiger partial charge < -0.3 is 20.3 Å². The largest absolute Gasteiger partial charge is 0.497 e. The Balaban J connectivity index is 1.65. The lowest BCUT2D eigenvalue weighted by molar-refractivity contribution is -0.136. The zero-order valence-electron chi connectivity index (χ0n) is 14.9. The van der Waals surface area contributed by atoms with E-state index in [9.17, 15) is 22.8 Å². The molecule has 1 saturated heterocycles. The molecule has 0 saturated carbocycles. The molecule has 3 amide bonds. The zero-order valence-corrected chi connectivity index (χ0v) is 14.9. The lowest BCUT2D eigenvalue weighted by atomic mass is 10.1. The Morgan fingerprint density at radius 3 is 2.64 bits per heavy atom. The third-order valence-corrected chi connectivity index (χ3v) is 4.31. The smallest absolute Gasteiger partial charge is 0.418 e. The highest BCUT2D eigenvalue weighted by Crippen LogP contribution is 2.34. The molecule has 1 atom stereocenters. The normalized spacial score (nSPS) is 16.8. The highest BCUT2D eigenvalue weighted by atomic mass is 19.4. The maximum atomic E-state index is 13.0. The second kappa shape index (κ2) is 7.79. The van der Waals surface area contributed by atoms with Gasteiger partial charge in [0.25, 0.3) is 0 Å². The maximum absolute atomic E-state index is 13.0. The van der Waals surface area contributed by atoms with E-state index in [1.807, 2.05) is 0 Å². The van der Waals surface area contributed by atoms with Gasteiger partial charge >= 0.3 is 12.2 Å². The molecule has 1 aliphatic rings. The van der Waals surface area contributed by atoms with Crippen LogP contribution in [-0.4, -0.2) is 31.6 Å². The van der Waals surface area contributed by atoms with Gasteiger partial charge in [-0.1, -0.05) is 18.2 Å². The minimum Gasteiger partial charge on any atom is -0.497 e. The van der Waals surface area contributed by atoms with Crippen molar-refractivity contribution in [3.05, 3.63) is 54.1 Å². The van der Waals surface area contributed by atoms with Gasteiger partial charge in [0, 0.05) is 24.7 Å². The molecule has 0 aromatic heterocycles.